The van der Waals surface area contributed by atoms with E-state index in [1.54, 1.807) is 69.3 Å². The lowest BCUT2D eigenvalue weighted by Crippen LogP contribution is -2.25. The maximum absolute atomic E-state index is 12.2. The van der Waals surface area contributed by atoms with Gasteiger partial charge in [-0.3, -0.25) is 4.79 Å². The Morgan fingerprint density at radius 3 is 2.16 bits per heavy atom. The highest BCUT2D eigenvalue weighted by Crippen LogP contribution is 2.22. The summed E-state index contributed by atoms with van der Waals surface area (Å²) in [6, 6.07) is 13.2. The number of carboxylic acids is 1. The monoisotopic (exact) mass is 510 g/mol. The summed E-state index contributed by atoms with van der Waals surface area (Å²) in [6.07, 6.45) is 0. The number of tetrazole rings is 1. The zero-order chi connectivity index (χ0) is 27.6. The van der Waals surface area contributed by atoms with E-state index in [9.17, 15) is 9.59 Å². The highest BCUT2D eigenvalue weighted by molar-refractivity contribution is 5.90. The first kappa shape index (κ1) is 28.4. The van der Waals surface area contributed by atoms with E-state index in [0.717, 1.165) is 6.92 Å². The molecule has 0 saturated carbocycles. The van der Waals surface area contributed by atoms with Crippen molar-refractivity contribution in [3.63, 3.8) is 0 Å². The van der Waals surface area contributed by atoms with Crippen LogP contribution in [0.5, 0.6) is 5.75 Å². The largest absolute Gasteiger partial charge is 0.550 e. The molecule has 37 heavy (non-hydrogen) atoms. The fourth-order valence-electron chi connectivity index (χ4n) is 2.51. The molecule has 13 nitrogen and oxygen atoms in total. The summed E-state index contributed by atoms with van der Waals surface area (Å²) in [7, 11) is 0. The molecule has 0 bridgehead atoms. The molecular weight excluding hydrogens is 482 g/mol. The standard InChI is InChI=1S/C22H25N7O4.C2H4O2/c1-22(2,3)20(31)33-17-10-6-14(7-11-17)18-26-28-29(27-18)12-13-32-19(30)15-4-8-16(9-5-15)25-21(23)24;1-2(3)4/h4-11H,12-13H2,1-3H3,(H4,23,24,25);1H3,(H,3,4)/p-1. The number of aliphatic imine (C=N–C) groups is 1. The first-order chi connectivity index (χ1) is 17.3. The van der Waals surface area contributed by atoms with Crippen molar-refractivity contribution in [3.8, 4) is 17.1 Å². The Morgan fingerprint density at radius 2 is 1.62 bits per heavy atom. The van der Waals surface area contributed by atoms with Crippen molar-refractivity contribution in [1.29, 1.82) is 0 Å². The SMILES string of the molecule is CC(=O)[O-].CC(C)(C)C(=O)Oc1ccc(-c2nnn(CCOC(=O)c3ccc(N=C(N)N)cc3)n2)cc1. The highest BCUT2D eigenvalue weighted by Gasteiger charge is 2.23. The van der Waals surface area contributed by atoms with Crippen molar-refractivity contribution in [1.82, 2.24) is 20.2 Å². The number of nitrogens with zero attached hydrogens (tertiary/aromatic N) is 5. The van der Waals surface area contributed by atoms with E-state index in [4.69, 9.17) is 30.8 Å². The van der Waals surface area contributed by atoms with Crippen LogP contribution in [0.4, 0.5) is 5.69 Å². The Morgan fingerprint density at radius 1 is 1.03 bits per heavy atom. The molecule has 4 N–H and O–H groups in total. The van der Waals surface area contributed by atoms with E-state index in [-0.39, 0.29) is 25.1 Å². The van der Waals surface area contributed by atoms with Gasteiger partial charge in [-0.15, -0.1) is 10.2 Å². The van der Waals surface area contributed by atoms with Gasteiger partial charge in [-0.2, -0.15) is 4.80 Å². The zero-order valence-electron chi connectivity index (χ0n) is 20.9. The molecule has 0 aliphatic heterocycles. The molecule has 0 amide bonds. The highest BCUT2D eigenvalue weighted by atomic mass is 16.5. The summed E-state index contributed by atoms with van der Waals surface area (Å²) < 4.78 is 10.6. The summed E-state index contributed by atoms with van der Waals surface area (Å²) in [4.78, 5) is 38.2. The van der Waals surface area contributed by atoms with Gasteiger partial charge in [-0.1, -0.05) is 0 Å². The topological polar surface area (TPSA) is 201 Å². The second kappa shape index (κ2) is 12.8. The number of hydrogen-bond acceptors (Lipinski definition) is 10. The van der Waals surface area contributed by atoms with Crippen molar-refractivity contribution in [3.05, 3.63) is 54.1 Å². The van der Waals surface area contributed by atoms with Crippen LogP contribution < -0.4 is 21.3 Å². The van der Waals surface area contributed by atoms with Gasteiger partial charge in [0.25, 0.3) is 0 Å². The molecule has 3 aromatic rings. The number of aliphatic carboxylic acids is 1. The number of guanidine groups is 1. The molecule has 0 unspecified atom stereocenters. The molecule has 0 fully saturated rings. The Bertz CT molecular complexity index is 1240. The number of carbonyl (C=O) groups is 3. The Kier molecular flexibility index (Phi) is 9.81. The number of aromatic nitrogens is 4. The second-order valence-corrected chi connectivity index (χ2v) is 8.58. The molecule has 3 rings (SSSR count). The van der Waals surface area contributed by atoms with Crippen LogP contribution >= 0.6 is 0 Å². The molecule has 13 heteroatoms. The first-order valence-electron chi connectivity index (χ1n) is 11.0. The van der Waals surface area contributed by atoms with Gasteiger partial charge in [0.2, 0.25) is 5.82 Å². The Labute approximate surface area is 213 Å². The zero-order valence-corrected chi connectivity index (χ0v) is 20.9. The molecule has 196 valence electrons. The number of rotatable bonds is 7. The van der Waals surface area contributed by atoms with E-state index in [2.05, 4.69) is 20.4 Å². The van der Waals surface area contributed by atoms with E-state index < -0.39 is 17.4 Å². The summed E-state index contributed by atoms with van der Waals surface area (Å²) in [5.74, 6) is -1.13. The smallest absolute Gasteiger partial charge is 0.338 e. The average molecular weight is 511 g/mol. The molecule has 0 aliphatic carbocycles. The lowest BCUT2D eigenvalue weighted by molar-refractivity contribution is -0.302. The number of carbonyl (C=O) groups excluding carboxylic acids is 3. The number of hydrogen-bond donors (Lipinski definition) is 2. The minimum atomic E-state index is -1.08. The van der Waals surface area contributed by atoms with Crippen LogP contribution in [0.2, 0.25) is 0 Å². The molecular formula is C24H28N7O6-. The number of carboxylic acid groups (broad SMARTS) is 1. The Hall–Kier alpha value is -4.81. The molecule has 0 aliphatic rings. The molecule has 0 spiro atoms. The minimum absolute atomic E-state index is 0.0615. The quantitative estimate of drug-likeness (QED) is 0.197. The van der Waals surface area contributed by atoms with Crippen molar-refractivity contribution >= 4 is 29.6 Å². The predicted octanol–water partition coefficient (Wildman–Crippen LogP) is 0.810. The van der Waals surface area contributed by atoms with Gasteiger partial charge < -0.3 is 30.8 Å². The summed E-state index contributed by atoms with van der Waals surface area (Å²) >= 11 is 0. The van der Waals surface area contributed by atoms with E-state index in [0.29, 0.717) is 28.4 Å². The second-order valence-electron chi connectivity index (χ2n) is 8.58. The molecule has 2 aromatic carbocycles. The van der Waals surface area contributed by atoms with Gasteiger partial charge in [0.15, 0.2) is 5.96 Å². The van der Waals surface area contributed by atoms with Crippen LogP contribution in [0.1, 0.15) is 38.1 Å². The van der Waals surface area contributed by atoms with Crippen LogP contribution in [0, 0.1) is 5.41 Å². The fourth-order valence-corrected chi connectivity index (χ4v) is 2.51. The van der Waals surface area contributed by atoms with Crippen molar-refractivity contribution in [2.24, 2.45) is 21.9 Å². The van der Waals surface area contributed by atoms with Gasteiger partial charge in [0.05, 0.1) is 23.2 Å². The minimum Gasteiger partial charge on any atom is -0.550 e. The third-order valence-corrected chi connectivity index (χ3v) is 4.27. The van der Waals surface area contributed by atoms with E-state index in [1.165, 1.54) is 4.80 Å². The maximum atomic E-state index is 12.2. The average Bonchev–Trinajstić information content (AvgIpc) is 3.27. The molecule has 0 radical (unpaired) electrons. The van der Waals surface area contributed by atoms with Crippen LogP contribution in [-0.4, -0.2) is 50.7 Å². The first-order valence-corrected chi connectivity index (χ1v) is 11.0. The van der Waals surface area contributed by atoms with Crippen LogP contribution in [0.15, 0.2) is 53.5 Å². The molecule has 0 saturated heterocycles. The van der Waals surface area contributed by atoms with Crippen LogP contribution in [-0.2, 0) is 20.9 Å². The van der Waals surface area contributed by atoms with Gasteiger partial charge in [-0.25, -0.2) is 9.79 Å². The number of ether oxygens (including phenoxy) is 2. The predicted molar refractivity (Wildman–Crippen MR) is 131 cm³/mol. The van der Waals surface area contributed by atoms with Crippen LogP contribution in [0.3, 0.4) is 0 Å². The number of esters is 2. The van der Waals surface area contributed by atoms with Gasteiger partial charge >= 0.3 is 11.9 Å². The van der Waals surface area contributed by atoms with Gasteiger partial charge in [0.1, 0.15) is 12.4 Å². The Balaban J connectivity index is 0.00000112. The third kappa shape index (κ3) is 9.76. The van der Waals surface area contributed by atoms with Gasteiger partial charge in [0, 0.05) is 11.5 Å². The van der Waals surface area contributed by atoms with E-state index >= 15 is 0 Å². The van der Waals surface area contributed by atoms with E-state index in [1.807, 2.05) is 0 Å². The lowest BCUT2D eigenvalue weighted by atomic mass is 9.97. The lowest BCUT2D eigenvalue weighted by Gasteiger charge is -2.16. The molecule has 1 aromatic heterocycles. The summed E-state index contributed by atoms with van der Waals surface area (Å²) in [5.41, 5.74) is 11.6. The third-order valence-electron chi connectivity index (χ3n) is 4.27. The van der Waals surface area contributed by atoms with Crippen molar-refractivity contribution in [2.75, 3.05) is 6.61 Å². The van der Waals surface area contributed by atoms with Crippen molar-refractivity contribution < 1.29 is 29.0 Å². The number of benzene rings is 2. The molecule has 1 heterocycles. The van der Waals surface area contributed by atoms with Crippen molar-refractivity contribution in [2.45, 2.75) is 34.2 Å². The number of nitrogens with two attached hydrogens (primary N) is 2. The summed E-state index contributed by atoms with van der Waals surface area (Å²) in [6.45, 7) is 6.62. The molecule has 0 atom stereocenters. The fraction of sp³-hybridized carbons (Fsp3) is 0.292. The van der Waals surface area contributed by atoms with Gasteiger partial charge in [-0.05, 0) is 81.4 Å². The normalized spacial score (nSPS) is 10.5. The summed E-state index contributed by atoms with van der Waals surface area (Å²) in [5, 5.41) is 21.1. The maximum Gasteiger partial charge on any atom is 0.338 e. The van der Waals surface area contributed by atoms with Crippen LogP contribution in [0.25, 0.3) is 11.4 Å².